The van der Waals surface area contributed by atoms with Crippen LogP contribution in [0.1, 0.15) is 78.7 Å². The standard InChI is InChI=1S/C39H41FO5/c1-2-42-38(41)26-44-32-17-19-34(20-18-32)45-33-15-10-29(11-16-33)39-36(28-8-13-31(40)14-9-28)22-12-30-24-35(21-23-37(30)39)43-25-27-6-4-3-5-7-27/h3-11,13-16,21,23-24,32,34,36,39H,2,12,17-20,22,25-26H2,1H3/t32?,34?,36-,39?/m1/s1. The van der Waals surface area contributed by atoms with E-state index in [1.807, 2.05) is 30.3 Å². The minimum Gasteiger partial charge on any atom is -0.490 e. The first-order valence-electron chi connectivity index (χ1n) is 16.1. The normalized spacial score (nSPS) is 21.0. The lowest BCUT2D eigenvalue weighted by Gasteiger charge is -2.35. The van der Waals surface area contributed by atoms with Crippen LogP contribution in [-0.4, -0.2) is 31.4 Å². The predicted molar refractivity (Wildman–Crippen MR) is 172 cm³/mol. The number of esters is 1. The van der Waals surface area contributed by atoms with E-state index in [-0.39, 0.29) is 42.4 Å². The average molecular weight is 609 g/mol. The van der Waals surface area contributed by atoms with Gasteiger partial charge in [-0.1, -0.05) is 60.7 Å². The molecule has 6 heteroatoms. The van der Waals surface area contributed by atoms with Gasteiger partial charge in [-0.15, -0.1) is 0 Å². The van der Waals surface area contributed by atoms with E-state index in [1.165, 1.54) is 16.7 Å². The molecule has 6 rings (SSSR count). The van der Waals surface area contributed by atoms with E-state index in [0.717, 1.165) is 61.2 Å². The van der Waals surface area contributed by atoms with Gasteiger partial charge >= 0.3 is 5.97 Å². The quantitative estimate of drug-likeness (QED) is 0.160. The summed E-state index contributed by atoms with van der Waals surface area (Å²) >= 11 is 0. The Balaban J connectivity index is 1.15. The summed E-state index contributed by atoms with van der Waals surface area (Å²) < 4.78 is 37.1. The highest BCUT2D eigenvalue weighted by Gasteiger charge is 2.32. The summed E-state index contributed by atoms with van der Waals surface area (Å²) in [6.07, 6.45) is 5.56. The summed E-state index contributed by atoms with van der Waals surface area (Å²) in [6.45, 7) is 2.71. The van der Waals surface area contributed by atoms with Gasteiger partial charge in [0.15, 0.2) is 0 Å². The Morgan fingerprint density at radius 2 is 1.47 bits per heavy atom. The maximum atomic E-state index is 13.9. The number of fused-ring (bicyclic) bond motifs is 1. The molecule has 2 atom stereocenters. The molecule has 4 aromatic carbocycles. The van der Waals surface area contributed by atoms with E-state index in [1.54, 1.807) is 19.1 Å². The first kappa shape index (κ1) is 30.8. The number of carbonyl (C=O) groups is 1. The topological polar surface area (TPSA) is 54.0 Å². The van der Waals surface area contributed by atoms with Gasteiger partial charge < -0.3 is 18.9 Å². The first-order chi connectivity index (χ1) is 22.1. The van der Waals surface area contributed by atoms with Gasteiger partial charge in [-0.2, -0.15) is 0 Å². The lowest BCUT2D eigenvalue weighted by atomic mass is 9.69. The molecule has 0 radical (unpaired) electrons. The van der Waals surface area contributed by atoms with Gasteiger partial charge in [0, 0.05) is 5.92 Å². The summed E-state index contributed by atoms with van der Waals surface area (Å²) in [5.41, 5.74) is 6.09. The van der Waals surface area contributed by atoms with Gasteiger partial charge in [0.05, 0.1) is 18.8 Å². The van der Waals surface area contributed by atoms with Gasteiger partial charge in [-0.3, -0.25) is 0 Å². The molecule has 2 aliphatic rings. The van der Waals surface area contributed by atoms with Crippen molar-refractivity contribution >= 4 is 5.97 Å². The lowest BCUT2D eigenvalue weighted by Crippen LogP contribution is -2.30. The van der Waals surface area contributed by atoms with Crippen molar-refractivity contribution < 1.29 is 28.1 Å². The van der Waals surface area contributed by atoms with Crippen LogP contribution in [0, 0.1) is 5.82 Å². The molecular formula is C39H41FO5. The minimum absolute atomic E-state index is 0.0106. The van der Waals surface area contributed by atoms with Gasteiger partial charge in [0.2, 0.25) is 0 Å². The molecule has 1 saturated carbocycles. The van der Waals surface area contributed by atoms with Crippen molar-refractivity contribution in [3.63, 3.8) is 0 Å². The predicted octanol–water partition coefficient (Wildman–Crippen LogP) is 8.54. The number of halogens is 1. The van der Waals surface area contributed by atoms with E-state index in [0.29, 0.717) is 13.2 Å². The Bertz CT molecular complexity index is 1530. The molecular weight excluding hydrogens is 567 g/mol. The number of carbonyl (C=O) groups excluding carboxylic acids is 1. The fourth-order valence-corrected chi connectivity index (χ4v) is 6.76. The molecule has 0 aromatic heterocycles. The van der Waals surface area contributed by atoms with Crippen molar-refractivity contribution in [1.82, 2.24) is 0 Å². The van der Waals surface area contributed by atoms with Crippen molar-refractivity contribution in [1.29, 1.82) is 0 Å². The Labute approximate surface area is 265 Å². The van der Waals surface area contributed by atoms with Crippen LogP contribution in [-0.2, 0) is 27.3 Å². The largest absolute Gasteiger partial charge is 0.490 e. The third kappa shape index (κ3) is 7.93. The summed E-state index contributed by atoms with van der Waals surface area (Å²) in [5, 5.41) is 0. The molecule has 0 saturated heterocycles. The Morgan fingerprint density at radius 1 is 0.778 bits per heavy atom. The molecule has 0 bridgehead atoms. The summed E-state index contributed by atoms with van der Waals surface area (Å²) in [7, 11) is 0. The van der Waals surface area contributed by atoms with Gasteiger partial charge in [-0.25, -0.2) is 9.18 Å². The third-order valence-electron chi connectivity index (χ3n) is 9.03. The van der Waals surface area contributed by atoms with Crippen LogP contribution in [0.2, 0.25) is 0 Å². The summed E-state index contributed by atoms with van der Waals surface area (Å²) in [6, 6.07) is 32.2. The molecule has 5 nitrogen and oxygen atoms in total. The first-order valence-corrected chi connectivity index (χ1v) is 16.1. The van der Waals surface area contributed by atoms with E-state index >= 15 is 0 Å². The highest BCUT2D eigenvalue weighted by atomic mass is 19.1. The molecule has 0 heterocycles. The van der Waals surface area contributed by atoms with Gasteiger partial charge in [0.25, 0.3) is 0 Å². The second-order valence-electron chi connectivity index (χ2n) is 12.0. The second-order valence-corrected chi connectivity index (χ2v) is 12.0. The zero-order valence-electron chi connectivity index (χ0n) is 25.8. The molecule has 0 N–H and O–H groups in total. The fraction of sp³-hybridized carbons (Fsp3) is 0.359. The van der Waals surface area contributed by atoms with E-state index in [9.17, 15) is 9.18 Å². The molecule has 4 aromatic rings. The van der Waals surface area contributed by atoms with Crippen molar-refractivity contribution in [3.05, 3.63) is 131 Å². The molecule has 0 spiro atoms. The van der Waals surface area contributed by atoms with Crippen LogP contribution < -0.4 is 9.47 Å². The zero-order valence-corrected chi connectivity index (χ0v) is 25.8. The zero-order chi connectivity index (χ0) is 31.0. The number of rotatable bonds is 11. The summed E-state index contributed by atoms with van der Waals surface area (Å²) in [5.74, 6) is 1.56. The molecule has 1 fully saturated rings. The van der Waals surface area contributed by atoms with Crippen LogP contribution in [0.4, 0.5) is 4.39 Å². The second kappa shape index (κ2) is 14.7. The number of hydrogen-bond acceptors (Lipinski definition) is 5. The maximum Gasteiger partial charge on any atom is 0.332 e. The molecule has 45 heavy (non-hydrogen) atoms. The molecule has 0 amide bonds. The number of aryl methyl sites for hydroxylation is 1. The number of hydrogen-bond donors (Lipinski definition) is 0. The van der Waals surface area contributed by atoms with Crippen LogP contribution in [0.5, 0.6) is 11.5 Å². The SMILES string of the molecule is CCOC(=O)COC1CCC(Oc2ccc(C3c4ccc(OCc5ccccc5)cc4CC[C@@H]3c3ccc(F)cc3)cc2)CC1. The molecule has 0 aliphatic heterocycles. The highest BCUT2D eigenvalue weighted by Crippen LogP contribution is 2.47. The minimum atomic E-state index is -0.310. The van der Waals surface area contributed by atoms with E-state index in [4.69, 9.17) is 18.9 Å². The monoisotopic (exact) mass is 608 g/mol. The Hall–Kier alpha value is -4.16. The van der Waals surface area contributed by atoms with Gasteiger partial charge in [-0.05, 0) is 116 Å². The molecule has 1 unspecified atom stereocenters. The van der Waals surface area contributed by atoms with Gasteiger partial charge in [0.1, 0.15) is 30.5 Å². The highest BCUT2D eigenvalue weighted by molar-refractivity contribution is 5.70. The molecule has 2 aliphatic carbocycles. The smallest absolute Gasteiger partial charge is 0.332 e. The lowest BCUT2D eigenvalue weighted by molar-refractivity contribution is -0.151. The molecule has 234 valence electrons. The van der Waals surface area contributed by atoms with E-state index < -0.39 is 0 Å². The Kier molecular flexibility index (Phi) is 10.1. The van der Waals surface area contributed by atoms with Crippen molar-refractivity contribution in [2.24, 2.45) is 0 Å². The van der Waals surface area contributed by atoms with Crippen LogP contribution >= 0.6 is 0 Å². The third-order valence-corrected chi connectivity index (χ3v) is 9.03. The van der Waals surface area contributed by atoms with Crippen molar-refractivity contribution in [2.45, 2.75) is 76.1 Å². The van der Waals surface area contributed by atoms with Crippen LogP contribution in [0.3, 0.4) is 0 Å². The van der Waals surface area contributed by atoms with Crippen LogP contribution in [0.15, 0.2) is 97.1 Å². The van der Waals surface area contributed by atoms with Crippen LogP contribution in [0.25, 0.3) is 0 Å². The fourth-order valence-electron chi connectivity index (χ4n) is 6.76. The number of benzene rings is 4. The average Bonchev–Trinajstić information content (AvgIpc) is 3.08. The summed E-state index contributed by atoms with van der Waals surface area (Å²) in [4.78, 5) is 11.6. The van der Waals surface area contributed by atoms with E-state index in [2.05, 4.69) is 54.6 Å². The van der Waals surface area contributed by atoms with Crippen molar-refractivity contribution in [3.8, 4) is 11.5 Å². The Morgan fingerprint density at radius 3 is 2.20 bits per heavy atom. The number of ether oxygens (including phenoxy) is 4. The maximum absolute atomic E-state index is 13.9. The van der Waals surface area contributed by atoms with Crippen molar-refractivity contribution in [2.75, 3.05) is 13.2 Å².